The Labute approximate surface area is 145 Å². The second kappa shape index (κ2) is 9.27. The Morgan fingerprint density at radius 1 is 1.04 bits per heavy atom. The molecule has 0 aromatic heterocycles. The normalized spacial score (nSPS) is 10.8. The van der Waals surface area contributed by atoms with Crippen LogP contribution in [0, 0.1) is 0 Å². The van der Waals surface area contributed by atoms with E-state index in [2.05, 4.69) is 31.0 Å². The fourth-order valence-corrected chi connectivity index (χ4v) is 2.46. The summed E-state index contributed by atoms with van der Waals surface area (Å²) in [6, 6.07) is 8.27. The molecule has 0 saturated heterocycles. The lowest BCUT2D eigenvalue weighted by Gasteiger charge is -2.27. The standard InChI is InChI=1S/C18H30N4O2/c1-7-22(14(2)3)16-10-8-15(9-11-16)19-17(23)12-21(6)13-18(24)20(4)5/h8-11,14H,7,12-13H2,1-6H3,(H,19,23). The molecule has 24 heavy (non-hydrogen) atoms. The zero-order valence-corrected chi connectivity index (χ0v) is 15.7. The zero-order valence-electron chi connectivity index (χ0n) is 15.7. The van der Waals surface area contributed by atoms with Crippen LogP contribution in [0.4, 0.5) is 11.4 Å². The van der Waals surface area contributed by atoms with Gasteiger partial charge in [0, 0.05) is 38.1 Å². The number of nitrogens with zero attached hydrogens (tertiary/aromatic N) is 3. The molecular weight excluding hydrogens is 304 g/mol. The molecule has 6 heteroatoms. The predicted molar refractivity (Wildman–Crippen MR) is 99.4 cm³/mol. The van der Waals surface area contributed by atoms with E-state index in [0.717, 1.165) is 17.9 Å². The molecule has 0 aliphatic heterocycles. The minimum Gasteiger partial charge on any atom is -0.369 e. The zero-order chi connectivity index (χ0) is 18.3. The average molecular weight is 334 g/mol. The molecule has 1 aromatic rings. The molecule has 2 amide bonds. The lowest BCUT2D eigenvalue weighted by molar-refractivity contribution is -0.130. The molecule has 0 heterocycles. The second-order valence-corrected chi connectivity index (χ2v) is 6.44. The molecule has 0 aliphatic carbocycles. The maximum absolute atomic E-state index is 12.1. The quantitative estimate of drug-likeness (QED) is 0.789. The van der Waals surface area contributed by atoms with Crippen LogP contribution in [-0.4, -0.2) is 68.4 Å². The number of carbonyl (C=O) groups excluding carboxylic acids is 2. The Bertz CT molecular complexity index is 540. The summed E-state index contributed by atoms with van der Waals surface area (Å²) in [5, 5.41) is 2.86. The molecule has 0 saturated carbocycles. The SMILES string of the molecule is CCN(c1ccc(NC(=O)CN(C)CC(=O)N(C)C)cc1)C(C)C. The second-order valence-electron chi connectivity index (χ2n) is 6.44. The Morgan fingerprint density at radius 3 is 2.08 bits per heavy atom. The van der Waals surface area contributed by atoms with Gasteiger partial charge in [0.2, 0.25) is 11.8 Å². The highest BCUT2D eigenvalue weighted by Crippen LogP contribution is 2.19. The topological polar surface area (TPSA) is 55.9 Å². The third kappa shape index (κ3) is 6.20. The van der Waals surface area contributed by atoms with Gasteiger partial charge in [0.25, 0.3) is 0 Å². The molecule has 0 unspecified atom stereocenters. The third-order valence-electron chi connectivity index (χ3n) is 3.76. The lowest BCUT2D eigenvalue weighted by Crippen LogP contribution is -2.38. The van der Waals surface area contributed by atoms with Gasteiger partial charge in [0.1, 0.15) is 0 Å². The summed E-state index contributed by atoms with van der Waals surface area (Å²) in [6.45, 7) is 7.77. The van der Waals surface area contributed by atoms with Crippen LogP contribution in [0.3, 0.4) is 0 Å². The predicted octanol–water partition coefficient (Wildman–Crippen LogP) is 1.88. The highest BCUT2D eigenvalue weighted by atomic mass is 16.2. The number of nitrogens with one attached hydrogen (secondary N) is 1. The first-order valence-corrected chi connectivity index (χ1v) is 8.29. The molecule has 0 radical (unpaired) electrons. The molecule has 0 atom stereocenters. The number of amides is 2. The molecule has 6 nitrogen and oxygen atoms in total. The van der Waals surface area contributed by atoms with Crippen molar-refractivity contribution in [3.8, 4) is 0 Å². The van der Waals surface area contributed by atoms with Gasteiger partial charge in [0.15, 0.2) is 0 Å². The van der Waals surface area contributed by atoms with Gasteiger partial charge in [-0.25, -0.2) is 0 Å². The van der Waals surface area contributed by atoms with Gasteiger partial charge in [-0.05, 0) is 52.1 Å². The number of hydrogen-bond acceptors (Lipinski definition) is 4. The molecule has 1 N–H and O–H groups in total. The summed E-state index contributed by atoms with van der Waals surface area (Å²) in [6.07, 6.45) is 0. The molecular formula is C18H30N4O2. The van der Waals surface area contributed by atoms with E-state index in [-0.39, 0.29) is 24.9 Å². The largest absolute Gasteiger partial charge is 0.369 e. The van der Waals surface area contributed by atoms with Crippen molar-refractivity contribution in [2.75, 3.05) is 51.0 Å². The van der Waals surface area contributed by atoms with Gasteiger partial charge >= 0.3 is 0 Å². The first kappa shape index (κ1) is 20.0. The van der Waals surface area contributed by atoms with Crippen LogP contribution in [0.2, 0.25) is 0 Å². The minimum absolute atomic E-state index is 0.0250. The smallest absolute Gasteiger partial charge is 0.238 e. The minimum atomic E-state index is -0.131. The highest BCUT2D eigenvalue weighted by molar-refractivity contribution is 5.92. The maximum atomic E-state index is 12.1. The van der Waals surface area contributed by atoms with Crippen molar-refractivity contribution < 1.29 is 9.59 Å². The van der Waals surface area contributed by atoms with Crippen LogP contribution >= 0.6 is 0 Å². The van der Waals surface area contributed by atoms with E-state index in [0.29, 0.717) is 6.04 Å². The van der Waals surface area contributed by atoms with E-state index in [1.54, 1.807) is 26.0 Å². The van der Waals surface area contributed by atoms with Crippen molar-refractivity contribution in [2.24, 2.45) is 0 Å². The van der Waals surface area contributed by atoms with E-state index in [4.69, 9.17) is 0 Å². The van der Waals surface area contributed by atoms with E-state index in [1.807, 2.05) is 24.3 Å². The van der Waals surface area contributed by atoms with Crippen LogP contribution in [0.5, 0.6) is 0 Å². The molecule has 0 bridgehead atoms. The van der Waals surface area contributed by atoms with Gasteiger partial charge in [-0.2, -0.15) is 0 Å². The number of rotatable bonds is 8. The van der Waals surface area contributed by atoms with Gasteiger partial charge in [-0.3, -0.25) is 14.5 Å². The summed E-state index contributed by atoms with van der Waals surface area (Å²) in [4.78, 5) is 29.2. The van der Waals surface area contributed by atoms with Crippen molar-refractivity contribution in [3.05, 3.63) is 24.3 Å². The van der Waals surface area contributed by atoms with Crippen LogP contribution in [-0.2, 0) is 9.59 Å². The fraction of sp³-hybridized carbons (Fsp3) is 0.556. The molecule has 1 rings (SSSR count). The van der Waals surface area contributed by atoms with Crippen molar-refractivity contribution in [2.45, 2.75) is 26.8 Å². The van der Waals surface area contributed by atoms with Crippen LogP contribution in [0.15, 0.2) is 24.3 Å². The van der Waals surface area contributed by atoms with Crippen molar-refractivity contribution in [1.29, 1.82) is 0 Å². The monoisotopic (exact) mass is 334 g/mol. The number of benzene rings is 1. The Morgan fingerprint density at radius 2 is 1.62 bits per heavy atom. The van der Waals surface area contributed by atoms with E-state index >= 15 is 0 Å². The Balaban J connectivity index is 2.57. The van der Waals surface area contributed by atoms with Crippen LogP contribution < -0.4 is 10.2 Å². The first-order valence-electron chi connectivity index (χ1n) is 8.29. The highest BCUT2D eigenvalue weighted by Gasteiger charge is 2.12. The molecule has 1 aromatic carbocycles. The Hall–Kier alpha value is -2.08. The fourth-order valence-electron chi connectivity index (χ4n) is 2.46. The van der Waals surface area contributed by atoms with E-state index in [9.17, 15) is 9.59 Å². The van der Waals surface area contributed by atoms with Gasteiger partial charge < -0.3 is 15.1 Å². The van der Waals surface area contributed by atoms with Gasteiger partial charge in [-0.1, -0.05) is 0 Å². The lowest BCUT2D eigenvalue weighted by atomic mass is 10.2. The summed E-state index contributed by atoms with van der Waals surface area (Å²) in [5.74, 6) is -0.156. The van der Waals surface area contributed by atoms with Crippen molar-refractivity contribution in [3.63, 3.8) is 0 Å². The summed E-state index contributed by atoms with van der Waals surface area (Å²) in [7, 11) is 5.16. The number of carbonyl (C=O) groups is 2. The summed E-state index contributed by atoms with van der Waals surface area (Å²) < 4.78 is 0. The summed E-state index contributed by atoms with van der Waals surface area (Å²) >= 11 is 0. The van der Waals surface area contributed by atoms with Crippen molar-refractivity contribution in [1.82, 2.24) is 9.80 Å². The first-order chi connectivity index (χ1) is 11.2. The van der Waals surface area contributed by atoms with Crippen molar-refractivity contribution >= 4 is 23.2 Å². The molecule has 134 valence electrons. The molecule has 0 fully saturated rings. The number of anilines is 2. The number of hydrogen-bond donors (Lipinski definition) is 1. The average Bonchev–Trinajstić information content (AvgIpc) is 2.48. The number of likely N-dealkylation sites (N-methyl/N-ethyl adjacent to an activating group) is 2. The van der Waals surface area contributed by atoms with Gasteiger partial charge in [-0.15, -0.1) is 0 Å². The van der Waals surface area contributed by atoms with E-state index in [1.165, 1.54) is 4.90 Å². The van der Waals surface area contributed by atoms with Crippen LogP contribution in [0.1, 0.15) is 20.8 Å². The summed E-state index contributed by atoms with van der Waals surface area (Å²) in [5.41, 5.74) is 1.90. The Kier molecular flexibility index (Phi) is 7.71. The third-order valence-corrected chi connectivity index (χ3v) is 3.76. The van der Waals surface area contributed by atoms with Gasteiger partial charge in [0.05, 0.1) is 13.1 Å². The maximum Gasteiger partial charge on any atom is 0.238 e. The molecule has 0 spiro atoms. The van der Waals surface area contributed by atoms with E-state index < -0.39 is 0 Å². The molecule has 0 aliphatic rings. The van der Waals surface area contributed by atoms with Crippen LogP contribution in [0.25, 0.3) is 0 Å².